The largest absolute Gasteiger partial charge is 0.507 e. The van der Waals surface area contributed by atoms with Crippen molar-refractivity contribution in [2.45, 2.75) is 173 Å². The summed E-state index contributed by atoms with van der Waals surface area (Å²) in [7, 11) is 5.55. The number of rotatable bonds is 27. The first-order valence-corrected chi connectivity index (χ1v) is 25.6. The van der Waals surface area contributed by atoms with Crippen molar-refractivity contribution in [3.05, 3.63) is 47.5 Å². The predicted molar refractivity (Wildman–Crippen MR) is 272 cm³/mol. The van der Waals surface area contributed by atoms with Gasteiger partial charge in [-0.2, -0.15) is 0 Å². The third-order valence-corrected chi connectivity index (χ3v) is 13.4. The highest BCUT2D eigenvalue weighted by atomic mass is 16.3. The fourth-order valence-corrected chi connectivity index (χ4v) is 8.72. The van der Waals surface area contributed by atoms with Gasteiger partial charge in [-0.3, -0.25) is 43.2 Å². The van der Waals surface area contributed by atoms with Gasteiger partial charge in [0, 0.05) is 77.3 Å². The Balaban J connectivity index is 1.68. The second-order valence-corrected chi connectivity index (χ2v) is 19.6. The molecule has 1 heterocycles. The van der Waals surface area contributed by atoms with E-state index in [1.165, 1.54) is 148 Å². The number of unbranched alkanes of at least 4 members (excludes halogenated alkanes) is 12. The minimum Gasteiger partial charge on any atom is -0.507 e. The molecule has 0 radical (unpaired) electrons. The van der Waals surface area contributed by atoms with Gasteiger partial charge in [-0.05, 0) is 55.7 Å². The molecule has 18 nitrogen and oxygen atoms in total. The molecule has 1 aliphatic heterocycles. The minimum atomic E-state index is -1.37. The Morgan fingerprint density at radius 1 is 0.694 bits per heavy atom. The van der Waals surface area contributed by atoms with Crippen LogP contribution in [-0.2, 0) is 49.6 Å². The van der Waals surface area contributed by atoms with Crippen molar-refractivity contribution in [3.63, 3.8) is 0 Å². The van der Waals surface area contributed by atoms with Crippen molar-refractivity contribution < 1.29 is 58.5 Å². The topological polar surface area (TPSA) is 260 Å². The lowest BCUT2D eigenvalue weighted by Gasteiger charge is -2.30. The Bertz CT molecular complexity index is 2210. The van der Waals surface area contributed by atoms with Gasteiger partial charge in [0.15, 0.2) is 11.6 Å². The molecular formula is C54H80N6O12. The number of benzene rings is 2. The van der Waals surface area contributed by atoms with Gasteiger partial charge >= 0.3 is 0 Å². The van der Waals surface area contributed by atoms with Crippen molar-refractivity contribution in [2.75, 3.05) is 34.8 Å². The van der Waals surface area contributed by atoms with Gasteiger partial charge in [0.1, 0.15) is 29.6 Å². The molecule has 0 unspecified atom stereocenters. The Kier molecular flexibility index (Phi) is 25.1. The molecule has 18 heteroatoms. The second kappa shape index (κ2) is 30.0. The van der Waals surface area contributed by atoms with E-state index in [2.05, 4.69) is 22.9 Å². The van der Waals surface area contributed by atoms with E-state index in [1.807, 2.05) is 0 Å². The van der Waals surface area contributed by atoms with E-state index in [0.717, 1.165) is 29.1 Å². The molecule has 4 bridgehead atoms. The lowest BCUT2D eigenvalue weighted by atomic mass is 9.89. The van der Waals surface area contributed by atoms with Gasteiger partial charge in [-0.15, -0.1) is 0 Å². The minimum absolute atomic E-state index is 0.0786. The van der Waals surface area contributed by atoms with E-state index in [-0.39, 0.29) is 53.4 Å². The van der Waals surface area contributed by atoms with Crippen molar-refractivity contribution in [3.8, 4) is 22.6 Å². The van der Waals surface area contributed by atoms with Crippen LogP contribution < -0.4 is 16.0 Å². The summed E-state index contributed by atoms with van der Waals surface area (Å²) in [6, 6.07) is 2.15. The molecule has 6 N–H and O–H groups in total. The zero-order valence-electron chi connectivity index (χ0n) is 43.7. The average molecular weight is 1010 g/mol. The molecule has 0 saturated carbocycles. The molecule has 0 aliphatic carbocycles. The molecule has 0 spiro atoms. The molecule has 2 aromatic rings. The summed E-state index contributed by atoms with van der Waals surface area (Å²) in [5, 5.41) is 39.9. The number of aliphatic hydroxyl groups is 1. The smallest absolute Gasteiger partial charge is 0.291 e. The number of phenols is 2. The number of carbonyl (C=O) groups is 9. The Morgan fingerprint density at radius 3 is 1.82 bits per heavy atom. The van der Waals surface area contributed by atoms with Crippen LogP contribution in [0.1, 0.15) is 154 Å². The van der Waals surface area contributed by atoms with Crippen LogP contribution in [0.25, 0.3) is 11.1 Å². The van der Waals surface area contributed by atoms with Crippen LogP contribution in [0.5, 0.6) is 11.5 Å². The molecule has 398 valence electrons. The molecule has 6 amide bonds. The number of amides is 6. The Morgan fingerprint density at radius 2 is 1.25 bits per heavy atom. The van der Waals surface area contributed by atoms with Crippen LogP contribution in [0.2, 0.25) is 0 Å². The van der Waals surface area contributed by atoms with Crippen LogP contribution in [0.3, 0.4) is 0 Å². The van der Waals surface area contributed by atoms with E-state index in [9.17, 15) is 58.5 Å². The molecule has 72 heavy (non-hydrogen) atoms. The summed E-state index contributed by atoms with van der Waals surface area (Å²) in [5.41, 5.74) is 0.813. The summed E-state index contributed by atoms with van der Waals surface area (Å²) in [5.74, 6) is -7.73. The number of likely N-dealkylation sites (N-methyl/N-ethyl adjacent to an activating group) is 3. The number of nitrogens with zero attached hydrogens (tertiary/aromatic N) is 3. The van der Waals surface area contributed by atoms with E-state index >= 15 is 0 Å². The monoisotopic (exact) mass is 1000 g/mol. The van der Waals surface area contributed by atoms with Gasteiger partial charge in [-0.25, -0.2) is 0 Å². The molecule has 0 aromatic heterocycles. The summed E-state index contributed by atoms with van der Waals surface area (Å²) < 4.78 is 0. The standard InChI is InChI=1S/C54H80N6O12/c1-9-10-11-12-13-14-15-16-17-18-19-20-21-22-47(66)59(7)42(33-61)53(71)55-35(3)43(62)27-28-48(67)60(8)49-38-24-26-45(64)40(32-38)39-30-37(23-25-44(39)63)31-41(57-51(69)34(2)29-46(49)65)52(70)56-36(4)50(68)54(72)58(5)6/h23-26,30,32,34-36,41-42,49,61,63-64H,9-22,27-29,31,33H2,1-8H3,(H,55,71)(H,56,70)(H,57,69)/t34-,35-,36-,41+,42-,49+/m1/s1. The summed E-state index contributed by atoms with van der Waals surface area (Å²) in [4.78, 5) is 124. The van der Waals surface area contributed by atoms with Gasteiger partial charge < -0.3 is 46.0 Å². The average Bonchev–Trinajstić information content (AvgIpc) is 3.34. The second-order valence-electron chi connectivity index (χ2n) is 19.6. The van der Waals surface area contributed by atoms with Gasteiger partial charge in [0.05, 0.1) is 18.7 Å². The van der Waals surface area contributed by atoms with Gasteiger partial charge in [0.2, 0.25) is 35.3 Å². The highest BCUT2D eigenvalue weighted by Gasteiger charge is 2.35. The predicted octanol–water partition coefficient (Wildman–Crippen LogP) is 5.22. The first-order chi connectivity index (χ1) is 34.1. The zero-order valence-corrected chi connectivity index (χ0v) is 43.7. The zero-order chi connectivity index (χ0) is 53.7. The van der Waals surface area contributed by atoms with Crippen molar-refractivity contribution >= 4 is 52.8 Å². The number of phenolic OH excluding ortho intramolecular Hbond substituents is 2. The molecule has 0 fully saturated rings. The first kappa shape index (κ1) is 60.1. The molecular weight excluding hydrogens is 925 g/mol. The van der Waals surface area contributed by atoms with Crippen LogP contribution >= 0.6 is 0 Å². The molecule has 2 aromatic carbocycles. The normalized spacial score (nSPS) is 17.0. The molecule has 0 saturated heterocycles. The van der Waals surface area contributed by atoms with Crippen molar-refractivity contribution in [2.24, 2.45) is 5.92 Å². The number of aromatic hydroxyl groups is 2. The van der Waals surface area contributed by atoms with E-state index in [1.54, 1.807) is 0 Å². The van der Waals surface area contributed by atoms with Crippen LogP contribution in [-0.4, -0.2) is 142 Å². The molecule has 6 atom stereocenters. The lowest BCUT2D eigenvalue weighted by molar-refractivity contribution is -0.144. The number of fused-ring (bicyclic) bond motifs is 5. The fourth-order valence-electron chi connectivity index (χ4n) is 8.72. The first-order valence-electron chi connectivity index (χ1n) is 25.6. The van der Waals surface area contributed by atoms with E-state index < -0.39 is 102 Å². The lowest BCUT2D eigenvalue weighted by Crippen LogP contribution is -2.54. The van der Waals surface area contributed by atoms with Crippen LogP contribution in [0.15, 0.2) is 36.4 Å². The number of hydrogen-bond donors (Lipinski definition) is 6. The number of ketones is 3. The number of aliphatic hydroxyl groups excluding tert-OH is 1. The Labute approximate surface area is 425 Å². The number of nitrogens with one attached hydrogen (secondary N) is 3. The highest BCUT2D eigenvalue weighted by Crippen LogP contribution is 2.39. The van der Waals surface area contributed by atoms with Gasteiger partial charge in [0.25, 0.3) is 5.91 Å². The SMILES string of the molecule is CCCCCCCCCCCCCCCC(=O)N(C)[C@H](CO)C(=O)N[C@H](C)C(=O)CCC(=O)N(C)[C@@H]1C(=O)C[C@@H](C)C(=O)N[C@H](C(=O)N[C@H](C)C(=O)C(=O)N(C)C)Cc2ccc(O)c(c2)-c2cc1ccc2O. The fraction of sp³-hybridized carbons (Fsp3) is 0.611. The summed E-state index contributed by atoms with van der Waals surface area (Å²) >= 11 is 0. The molecule has 1 aliphatic rings. The van der Waals surface area contributed by atoms with E-state index in [0.29, 0.717) is 12.0 Å². The van der Waals surface area contributed by atoms with Crippen LogP contribution in [0.4, 0.5) is 0 Å². The number of carbonyl (C=O) groups excluding carboxylic acids is 9. The highest BCUT2D eigenvalue weighted by molar-refractivity contribution is 6.38. The van der Waals surface area contributed by atoms with E-state index in [4.69, 9.17) is 0 Å². The summed E-state index contributed by atoms with van der Waals surface area (Å²) in [6.07, 6.45) is 13.9. The third kappa shape index (κ3) is 18.1. The maximum absolute atomic E-state index is 14.3. The Hall–Kier alpha value is -6.17. The van der Waals surface area contributed by atoms with Crippen molar-refractivity contribution in [1.82, 2.24) is 30.7 Å². The summed E-state index contributed by atoms with van der Waals surface area (Å²) in [6.45, 7) is 5.76. The number of hydrogen-bond acceptors (Lipinski definition) is 12. The van der Waals surface area contributed by atoms with Crippen molar-refractivity contribution in [1.29, 1.82) is 0 Å². The van der Waals surface area contributed by atoms with Crippen LogP contribution in [0, 0.1) is 5.92 Å². The quantitative estimate of drug-likeness (QED) is 0.0498. The maximum Gasteiger partial charge on any atom is 0.291 e. The molecule has 3 rings (SSSR count). The maximum atomic E-state index is 14.3. The number of Topliss-reactive ketones (excluding diaryl/α,β-unsaturated/α-hetero) is 3. The van der Waals surface area contributed by atoms with Gasteiger partial charge in [-0.1, -0.05) is 103 Å². The third-order valence-electron chi connectivity index (χ3n) is 13.4.